The number of hydrogen-bond donors (Lipinski definition) is 2. The molecule has 41 heavy (non-hydrogen) atoms. The van der Waals surface area contributed by atoms with Gasteiger partial charge in [0.25, 0.3) is 0 Å². The van der Waals surface area contributed by atoms with Gasteiger partial charge in [0, 0.05) is 19.2 Å². The molecule has 0 spiro atoms. The van der Waals surface area contributed by atoms with Gasteiger partial charge in [-0.3, -0.25) is 4.79 Å². The maximum atomic E-state index is 13.9. The van der Waals surface area contributed by atoms with E-state index in [1.807, 2.05) is 0 Å². The molecule has 0 radical (unpaired) electrons. The van der Waals surface area contributed by atoms with Crippen LogP contribution in [-0.2, 0) is 22.6 Å². The van der Waals surface area contributed by atoms with Gasteiger partial charge in [-0.05, 0) is 73.9 Å². The minimum atomic E-state index is -5.10. The highest BCUT2D eigenvalue weighted by Crippen LogP contribution is 2.41. The number of aromatic nitrogens is 1. The van der Waals surface area contributed by atoms with Crippen molar-refractivity contribution in [3.8, 4) is 11.1 Å². The molecule has 0 bridgehead atoms. The number of hydrogen-bond acceptors (Lipinski definition) is 5. The van der Waals surface area contributed by atoms with Crippen molar-refractivity contribution in [1.82, 2.24) is 4.98 Å². The lowest BCUT2D eigenvalue weighted by Gasteiger charge is -2.32. The number of likely N-dealkylation sites (N-methyl/N-ethyl adjacent to an activating group) is 1. The molecule has 3 aromatic rings. The van der Waals surface area contributed by atoms with E-state index in [1.165, 1.54) is 56.3 Å². The van der Waals surface area contributed by atoms with Crippen LogP contribution in [-0.4, -0.2) is 48.0 Å². The first-order chi connectivity index (χ1) is 18.9. The van der Waals surface area contributed by atoms with E-state index < -0.39 is 52.9 Å². The summed E-state index contributed by atoms with van der Waals surface area (Å²) in [6, 6.07) is 6.35. The van der Waals surface area contributed by atoms with Gasteiger partial charge in [0.15, 0.2) is 0 Å². The highest BCUT2D eigenvalue weighted by Gasteiger charge is 2.41. The quantitative estimate of drug-likeness (QED) is 0.253. The lowest BCUT2D eigenvalue weighted by molar-refractivity contribution is -0.143. The fourth-order valence-corrected chi connectivity index (χ4v) is 4.37. The molecule has 0 aliphatic rings. The summed E-state index contributed by atoms with van der Waals surface area (Å²) in [7, 11) is 1.29. The van der Waals surface area contributed by atoms with Crippen LogP contribution in [0.5, 0.6) is 0 Å². The number of carbonyl (C=O) groups is 1. The zero-order valence-corrected chi connectivity index (χ0v) is 22.5. The molecule has 1 aromatic heterocycles. The van der Waals surface area contributed by atoms with E-state index in [4.69, 9.17) is 0 Å². The molecule has 13 heteroatoms. The molecule has 0 aliphatic carbocycles. The Hall–Kier alpha value is -3.71. The Morgan fingerprint density at radius 1 is 0.878 bits per heavy atom. The van der Waals surface area contributed by atoms with Crippen molar-refractivity contribution < 1.29 is 45.7 Å². The summed E-state index contributed by atoms with van der Waals surface area (Å²) in [5.41, 5.74) is -4.15. The van der Waals surface area contributed by atoms with E-state index in [0.717, 1.165) is 4.90 Å². The second kappa shape index (κ2) is 11.6. The van der Waals surface area contributed by atoms with Gasteiger partial charge in [-0.25, -0.2) is 9.37 Å². The monoisotopic (exact) mass is 587 g/mol. The van der Waals surface area contributed by atoms with E-state index in [9.17, 15) is 45.7 Å². The molecule has 6 nitrogen and oxygen atoms in total. The minimum absolute atomic E-state index is 0.00354. The van der Waals surface area contributed by atoms with Crippen LogP contribution in [0.4, 0.5) is 42.2 Å². The van der Waals surface area contributed by atoms with Crippen molar-refractivity contribution >= 4 is 17.4 Å². The van der Waals surface area contributed by atoms with Crippen molar-refractivity contribution in [2.45, 2.75) is 38.5 Å². The third-order valence-electron chi connectivity index (χ3n) is 6.72. The van der Waals surface area contributed by atoms with Crippen LogP contribution >= 0.6 is 0 Å². The fourth-order valence-electron chi connectivity index (χ4n) is 4.37. The lowest BCUT2D eigenvalue weighted by atomic mass is 9.81. The largest absolute Gasteiger partial charge is 0.416 e. The molecule has 0 unspecified atom stereocenters. The van der Waals surface area contributed by atoms with Crippen LogP contribution in [0.25, 0.3) is 11.1 Å². The van der Waals surface area contributed by atoms with Gasteiger partial charge in [-0.2, -0.15) is 26.3 Å². The van der Waals surface area contributed by atoms with Crippen LogP contribution < -0.4 is 9.80 Å². The van der Waals surface area contributed by atoms with Crippen molar-refractivity contribution in [2.24, 2.45) is 0 Å². The number of carbonyl (C=O) groups excluding carboxylic acids is 1. The van der Waals surface area contributed by atoms with Gasteiger partial charge in [-0.1, -0.05) is 6.07 Å². The van der Waals surface area contributed by atoms with Crippen LogP contribution in [0.3, 0.4) is 0 Å². The van der Waals surface area contributed by atoms with Crippen molar-refractivity contribution in [2.75, 3.05) is 36.7 Å². The Kier molecular flexibility index (Phi) is 9.04. The summed E-state index contributed by atoms with van der Waals surface area (Å²) in [4.78, 5) is 20.4. The smallest absolute Gasteiger partial charge is 0.395 e. The molecule has 2 N–H and O–H groups in total. The highest BCUT2D eigenvalue weighted by atomic mass is 19.4. The third kappa shape index (κ3) is 6.79. The predicted octanol–water partition coefficient (Wildman–Crippen LogP) is 5.92. The number of anilines is 2. The molecular formula is C28H28F7N3O3. The number of aryl methyl sites for hydroxylation is 1. The average molecular weight is 588 g/mol. The first kappa shape index (κ1) is 31.8. The van der Waals surface area contributed by atoms with Gasteiger partial charge < -0.3 is 20.0 Å². The molecule has 1 heterocycles. The Morgan fingerprint density at radius 3 is 1.93 bits per heavy atom. The molecule has 0 fully saturated rings. The molecule has 0 saturated carbocycles. The summed E-state index contributed by atoms with van der Waals surface area (Å²) in [5.74, 6) is -1.19. The molecule has 0 aliphatic heterocycles. The summed E-state index contributed by atoms with van der Waals surface area (Å²) in [5, 5.41) is 19.0. The van der Waals surface area contributed by atoms with Gasteiger partial charge in [0.1, 0.15) is 18.4 Å². The first-order valence-corrected chi connectivity index (χ1v) is 12.2. The molecule has 1 amide bonds. The third-order valence-corrected chi connectivity index (χ3v) is 6.72. The first-order valence-electron chi connectivity index (χ1n) is 12.2. The van der Waals surface area contributed by atoms with E-state index in [1.54, 1.807) is 6.92 Å². The van der Waals surface area contributed by atoms with Gasteiger partial charge in [-0.15, -0.1) is 0 Å². The van der Waals surface area contributed by atoms with Crippen molar-refractivity contribution in [3.63, 3.8) is 0 Å². The molecule has 0 saturated heterocycles. The predicted molar refractivity (Wildman–Crippen MR) is 139 cm³/mol. The number of alkyl halides is 6. The fraction of sp³-hybridized carbons (Fsp3) is 0.357. The zero-order chi connectivity index (χ0) is 30.9. The van der Waals surface area contributed by atoms with Crippen LogP contribution in [0.2, 0.25) is 0 Å². The van der Waals surface area contributed by atoms with Gasteiger partial charge in [0.2, 0.25) is 5.91 Å². The molecular weight excluding hydrogens is 559 g/mol. The summed E-state index contributed by atoms with van der Waals surface area (Å²) < 4.78 is 94.9. The van der Waals surface area contributed by atoms with E-state index >= 15 is 0 Å². The number of amides is 1. The molecule has 0 atom stereocenters. The summed E-state index contributed by atoms with van der Waals surface area (Å²) in [6.45, 7) is 3.18. The normalized spacial score (nSPS) is 12.4. The second-order valence-electron chi connectivity index (χ2n) is 9.93. The topological polar surface area (TPSA) is 76.9 Å². The number of nitrogens with zero attached hydrogens (tertiary/aromatic N) is 3. The number of halogens is 7. The second-order valence-corrected chi connectivity index (χ2v) is 9.93. The van der Waals surface area contributed by atoms with Gasteiger partial charge in [0.05, 0.1) is 35.0 Å². The molecule has 222 valence electrons. The SMILES string of the molecule is Cc1cc(F)ccc1-c1cc(N(CO)CCO)ncc1N(C)C(=O)C(C)(C)c1cc(C(F)(F)F)cc(C(F)(F)F)c1. The Balaban J connectivity index is 2.18. The Bertz CT molecular complexity index is 1390. The maximum Gasteiger partial charge on any atom is 0.416 e. The van der Waals surface area contributed by atoms with Crippen LogP contribution in [0.15, 0.2) is 48.7 Å². The highest BCUT2D eigenvalue weighted by molar-refractivity contribution is 6.03. The summed E-state index contributed by atoms with van der Waals surface area (Å²) in [6.07, 6.45) is -8.95. The standard InChI is InChI=1S/C28H28F7N3O3/c1-16-9-20(29)5-6-21(16)22-13-24(38(15-40)7-8-39)36-14-23(22)37(4)25(41)26(2,3)17-10-18(27(30,31)32)12-19(11-17)28(33,34)35/h5-6,9-14,39-40H,7-8,15H2,1-4H3. The number of rotatable bonds is 8. The number of benzene rings is 2. The van der Waals surface area contributed by atoms with Crippen LogP contribution in [0.1, 0.15) is 36.1 Å². The zero-order valence-electron chi connectivity index (χ0n) is 22.5. The lowest BCUT2D eigenvalue weighted by Crippen LogP contribution is -2.42. The summed E-state index contributed by atoms with van der Waals surface area (Å²) >= 11 is 0. The van der Waals surface area contributed by atoms with Crippen LogP contribution in [0, 0.1) is 12.7 Å². The van der Waals surface area contributed by atoms with E-state index in [0.29, 0.717) is 28.8 Å². The van der Waals surface area contributed by atoms with Crippen molar-refractivity contribution in [3.05, 3.63) is 76.7 Å². The minimum Gasteiger partial charge on any atom is -0.395 e. The maximum absolute atomic E-state index is 13.9. The number of aliphatic hydroxyl groups excluding tert-OH is 2. The number of aliphatic hydroxyl groups is 2. The average Bonchev–Trinajstić information content (AvgIpc) is 2.89. The van der Waals surface area contributed by atoms with E-state index in [2.05, 4.69) is 4.98 Å². The van der Waals surface area contributed by atoms with E-state index in [-0.39, 0.29) is 30.7 Å². The Labute approximate surface area is 231 Å². The van der Waals surface area contributed by atoms with Gasteiger partial charge >= 0.3 is 12.4 Å². The Morgan fingerprint density at radius 2 is 1.44 bits per heavy atom. The number of pyridine rings is 1. The molecule has 3 rings (SSSR count). The van der Waals surface area contributed by atoms with Crippen molar-refractivity contribution in [1.29, 1.82) is 0 Å². The molecule has 2 aromatic carbocycles.